The van der Waals surface area contributed by atoms with Gasteiger partial charge in [-0.05, 0) is 30.7 Å². The van der Waals surface area contributed by atoms with Crippen LogP contribution in [0.5, 0.6) is 0 Å². The van der Waals surface area contributed by atoms with Crippen LogP contribution in [0.25, 0.3) is 0 Å². The highest BCUT2D eigenvalue weighted by Gasteiger charge is 2.16. The average molecular weight is 369 g/mol. The summed E-state index contributed by atoms with van der Waals surface area (Å²) in [6.45, 7) is 5.88. The van der Waals surface area contributed by atoms with Gasteiger partial charge in [-0.15, -0.1) is 0 Å². The first-order chi connectivity index (χ1) is 9.88. The molecule has 0 spiro atoms. The van der Waals surface area contributed by atoms with Crippen LogP contribution in [0.3, 0.4) is 0 Å². The number of aryl methyl sites for hydroxylation is 1. The molecule has 110 valence electrons. The van der Waals surface area contributed by atoms with Crippen molar-refractivity contribution in [2.75, 3.05) is 5.32 Å². The molecule has 4 nitrogen and oxygen atoms in total. The zero-order valence-corrected chi connectivity index (χ0v) is 14.3. The van der Waals surface area contributed by atoms with Gasteiger partial charge in [0, 0.05) is 16.1 Å². The lowest BCUT2D eigenvalue weighted by molar-refractivity contribution is 0.102. The van der Waals surface area contributed by atoms with E-state index in [9.17, 15) is 4.79 Å². The number of hydrogen-bond donors (Lipinski definition) is 1. The van der Waals surface area contributed by atoms with E-state index in [1.54, 1.807) is 0 Å². The van der Waals surface area contributed by atoms with E-state index in [1.165, 1.54) is 6.20 Å². The zero-order chi connectivity index (χ0) is 15.6. The van der Waals surface area contributed by atoms with Gasteiger partial charge in [0.05, 0.1) is 11.2 Å². The Kier molecular flexibility index (Phi) is 4.96. The molecule has 1 N–H and O–H groups in total. The van der Waals surface area contributed by atoms with Gasteiger partial charge in [-0.2, -0.15) is 0 Å². The van der Waals surface area contributed by atoms with E-state index in [4.69, 9.17) is 11.6 Å². The van der Waals surface area contributed by atoms with E-state index in [-0.39, 0.29) is 22.5 Å². The Labute approximate surface area is 137 Å². The minimum atomic E-state index is -0.342. The first-order valence-electron chi connectivity index (χ1n) is 6.48. The molecule has 0 fully saturated rings. The number of anilines is 1. The fourth-order valence-corrected chi connectivity index (χ4v) is 2.15. The van der Waals surface area contributed by atoms with Crippen LogP contribution < -0.4 is 5.32 Å². The molecule has 1 heterocycles. The highest BCUT2D eigenvalue weighted by atomic mass is 79.9. The second-order valence-electron chi connectivity index (χ2n) is 5.00. The van der Waals surface area contributed by atoms with E-state index in [0.717, 1.165) is 10.0 Å². The van der Waals surface area contributed by atoms with Crippen LogP contribution >= 0.6 is 27.5 Å². The van der Waals surface area contributed by atoms with E-state index in [0.29, 0.717) is 11.5 Å². The Bertz CT molecular complexity index is 689. The van der Waals surface area contributed by atoms with Crippen LogP contribution in [0.4, 0.5) is 5.69 Å². The lowest BCUT2D eigenvalue weighted by atomic mass is 10.2. The molecule has 0 unspecified atom stereocenters. The summed E-state index contributed by atoms with van der Waals surface area (Å²) in [6.07, 6.45) is 1.46. The Hall–Kier alpha value is -1.46. The van der Waals surface area contributed by atoms with Gasteiger partial charge < -0.3 is 5.32 Å². The van der Waals surface area contributed by atoms with E-state index >= 15 is 0 Å². The predicted molar refractivity (Wildman–Crippen MR) is 88.0 cm³/mol. The van der Waals surface area contributed by atoms with Crippen LogP contribution in [-0.4, -0.2) is 15.9 Å². The van der Waals surface area contributed by atoms with Gasteiger partial charge in [-0.1, -0.05) is 41.4 Å². The lowest BCUT2D eigenvalue weighted by Crippen LogP contribution is -2.16. The van der Waals surface area contributed by atoms with Crippen LogP contribution in [-0.2, 0) is 0 Å². The minimum absolute atomic E-state index is 0.128. The molecule has 6 heteroatoms. The molecule has 1 amide bonds. The minimum Gasteiger partial charge on any atom is -0.321 e. The van der Waals surface area contributed by atoms with Crippen molar-refractivity contribution in [2.45, 2.75) is 26.7 Å². The van der Waals surface area contributed by atoms with Crippen molar-refractivity contribution in [1.82, 2.24) is 9.97 Å². The largest absolute Gasteiger partial charge is 0.321 e. The van der Waals surface area contributed by atoms with Crippen molar-refractivity contribution in [3.8, 4) is 0 Å². The number of nitrogens with zero attached hydrogens (tertiary/aromatic N) is 2. The smallest absolute Gasteiger partial charge is 0.275 e. The van der Waals surface area contributed by atoms with Gasteiger partial charge in [0.2, 0.25) is 0 Å². The summed E-state index contributed by atoms with van der Waals surface area (Å²) >= 11 is 9.45. The first-order valence-corrected chi connectivity index (χ1v) is 7.65. The first kappa shape index (κ1) is 15.9. The van der Waals surface area contributed by atoms with Crippen LogP contribution in [0.15, 0.2) is 28.9 Å². The third-order valence-electron chi connectivity index (χ3n) is 2.91. The van der Waals surface area contributed by atoms with Gasteiger partial charge in [0.1, 0.15) is 5.82 Å². The fourth-order valence-electron chi connectivity index (χ4n) is 1.73. The monoisotopic (exact) mass is 367 g/mol. The third kappa shape index (κ3) is 3.80. The van der Waals surface area contributed by atoms with Gasteiger partial charge in [-0.25, -0.2) is 9.97 Å². The van der Waals surface area contributed by atoms with E-state index < -0.39 is 0 Å². The molecule has 0 aliphatic carbocycles. The summed E-state index contributed by atoms with van der Waals surface area (Å²) < 4.78 is 0.989. The summed E-state index contributed by atoms with van der Waals surface area (Å²) in [7, 11) is 0. The zero-order valence-electron chi connectivity index (χ0n) is 11.9. The SMILES string of the molecule is Cc1cc(NC(=O)c2nc(C(C)C)ncc2Cl)ccc1Br. The third-order valence-corrected chi connectivity index (χ3v) is 4.08. The van der Waals surface area contributed by atoms with E-state index in [1.807, 2.05) is 39.0 Å². The standard InChI is InChI=1S/C15H15BrClN3O/c1-8(2)14-18-7-12(17)13(20-14)15(21)19-10-4-5-11(16)9(3)6-10/h4-8H,1-3H3,(H,19,21). The second kappa shape index (κ2) is 6.54. The van der Waals surface area contributed by atoms with E-state index in [2.05, 4.69) is 31.2 Å². The molecule has 0 saturated heterocycles. The number of nitrogens with one attached hydrogen (secondary N) is 1. The van der Waals surface area contributed by atoms with Crippen molar-refractivity contribution in [2.24, 2.45) is 0 Å². The van der Waals surface area contributed by atoms with Crippen LogP contribution in [0, 0.1) is 6.92 Å². The molecular formula is C15H15BrClN3O. The van der Waals surface area contributed by atoms with Gasteiger partial charge in [-0.3, -0.25) is 4.79 Å². The molecule has 21 heavy (non-hydrogen) atoms. The Morgan fingerprint density at radius 2 is 2.10 bits per heavy atom. The van der Waals surface area contributed by atoms with Crippen molar-refractivity contribution < 1.29 is 4.79 Å². The molecule has 0 aliphatic heterocycles. The fraction of sp³-hybridized carbons (Fsp3) is 0.267. The molecule has 2 rings (SSSR count). The normalized spacial score (nSPS) is 10.8. The second-order valence-corrected chi connectivity index (χ2v) is 6.26. The summed E-state index contributed by atoms with van der Waals surface area (Å²) in [6, 6.07) is 5.57. The molecule has 1 aromatic heterocycles. The number of rotatable bonds is 3. The number of carbonyl (C=O) groups excluding carboxylic acids is 1. The molecule has 0 saturated carbocycles. The maximum absolute atomic E-state index is 12.3. The van der Waals surface area contributed by atoms with Crippen molar-refractivity contribution >= 4 is 39.1 Å². The number of carbonyl (C=O) groups is 1. The summed E-state index contributed by atoms with van der Waals surface area (Å²) in [5, 5.41) is 3.04. The predicted octanol–water partition coefficient (Wildman–Crippen LogP) is 4.58. The van der Waals surface area contributed by atoms with Gasteiger partial charge in [0.25, 0.3) is 5.91 Å². The molecule has 0 atom stereocenters. The molecule has 2 aromatic rings. The Balaban J connectivity index is 2.27. The Morgan fingerprint density at radius 1 is 1.38 bits per heavy atom. The van der Waals surface area contributed by atoms with Gasteiger partial charge in [0.15, 0.2) is 5.69 Å². The number of amides is 1. The number of hydrogen-bond acceptors (Lipinski definition) is 3. The van der Waals surface area contributed by atoms with Crippen molar-refractivity contribution in [3.63, 3.8) is 0 Å². The van der Waals surface area contributed by atoms with Crippen molar-refractivity contribution in [1.29, 1.82) is 0 Å². The maximum Gasteiger partial charge on any atom is 0.275 e. The molecule has 0 aliphatic rings. The van der Waals surface area contributed by atoms with Crippen LogP contribution in [0.2, 0.25) is 5.02 Å². The summed E-state index contributed by atoms with van der Waals surface area (Å²) in [5.74, 6) is 0.381. The number of aromatic nitrogens is 2. The maximum atomic E-state index is 12.3. The molecular weight excluding hydrogens is 354 g/mol. The van der Waals surface area contributed by atoms with Crippen molar-refractivity contribution in [3.05, 3.63) is 51.0 Å². The van der Waals surface area contributed by atoms with Crippen LogP contribution in [0.1, 0.15) is 41.6 Å². The topological polar surface area (TPSA) is 54.9 Å². The number of halogens is 2. The molecule has 0 bridgehead atoms. The highest BCUT2D eigenvalue weighted by Crippen LogP contribution is 2.22. The summed E-state index contributed by atoms with van der Waals surface area (Å²) in [4.78, 5) is 20.7. The highest BCUT2D eigenvalue weighted by molar-refractivity contribution is 9.10. The quantitative estimate of drug-likeness (QED) is 0.863. The number of benzene rings is 1. The average Bonchev–Trinajstić information content (AvgIpc) is 2.43. The Morgan fingerprint density at radius 3 is 2.71 bits per heavy atom. The van der Waals surface area contributed by atoms with Gasteiger partial charge >= 0.3 is 0 Å². The molecule has 0 radical (unpaired) electrons. The lowest BCUT2D eigenvalue weighted by Gasteiger charge is -2.10. The summed E-state index contributed by atoms with van der Waals surface area (Å²) in [5.41, 5.74) is 1.92. The molecule has 1 aromatic carbocycles.